The Morgan fingerprint density at radius 3 is 3.05 bits per heavy atom. The van der Waals surface area contributed by atoms with Crippen LogP contribution in [0.5, 0.6) is 5.75 Å². The van der Waals surface area contributed by atoms with Crippen LogP contribution in [-0.2, 0) is 4.74 Å². The van der Waals surface area contributed by atoms with Gasteiger partial charge in [-0.3, -0.25) is 0 Å². The van der Waals surface area contributed by atoms with E-state index in [1.54, 1.807) is 0 Å². The van der Waals surface area contributed by atoms with Gasteiger partial charge >= 0.3 is 0 Å². The van der Waals surface area contributed by atoms with Gasteiger partial charge in [0.05, 0.1) is 6.61 Å². The van der Waals surface area contributed by atoms with Crippen LogP contribution in [0, 0.1) is 5.92 Å². The van der Waals surface area contributed by atoms with Crippen molar-refractivity contribution in [3.05, 3.63) is 29.8 Å². The molecular weight excluding hydrogens is 238 g/mol. The molecule has 0 spiro atoms. The first-order chi connectivity index (χ1) is 9.27. The highest BCUT2D eigenvalue weighted by Crippen LogP contribution is 2.31. The Bertz CT molecular complexity index is 379. The van der Waals surface area contributed by atoms with E-state index in [4.69, 9.17) is 9.47 Å². The summed E-state index contributed by atoms with van der Waals surface area (Å²) in [5.74, 6) is 1.65. The Labute approximate surface area is 116 Å². The maximum Gasteiger partial charge on any atom is 0.124 e. The molecule has 1 aliphatic rings. The average molecular weight is 263 g/mol. The average Bonchev–Trinajstić information content (AvgIpc) is 2.42. The van der Waals surface area contributed by atoms with Gasteiger partial charge in [0.2, 0.25) is 0 Å². The first kappa shape index (κ1) is 14.4. The molecule has 1 atom stereocenters. The highest BCUT2D eigenvalue weighted by atomic mass is 16.5. The number of rotatable bonds is 7. The number of benzene rings is 1. The number of ether oxygens (including phenoxy) is 2. The van der Waals surface area contributed by atoms with Crippen LogP contribution in [0.4, 0.5) is 0 Å². The van der Waals surface area contributed by atoms with Crippen molar-refractivity contribution < 1.29 is 9.47 Å². The van der Waals surface area contributed by atoms with Gasteiger partial charge in [-0.2, -0.15) is 0 Å². The van der Waals surface area contributed by atoms with Crippen molar-refractivity contribution in [1.29, 1.82) is 0 Å². The van der Waals surface area contributed by atoms with E-state index in [0.717, 1.165) is 45.0 Å². The molecule has 0 aromatic heterocycles. The second-order valence-electron chi connectivity index (χ2n) is 5.50. The first-order valence-corrected chi connectivity index (χ1v) is 7.30. The molecule has 0 bridgehead atoms. The molecule has 19 heavy (non-hydrogen) atoms. The largest absolute Gasteiger partial charge is 0.493 e. The summed E-state index contributed by atoms with van der Waals surface area (Å²) in [6.45, 7) is 7.86. The summed E-state index contributed by atoms with van der Waals surface area (Å²) in [7, 11) is 0. The van der Waals surface area contributed by atoms with Gasteiger partial charge in [-0.05, 0) is 24.9 Å². The molecule has 1 heterocycles. The second kappa shape index (κ2) is 7.51. The Morgan fingerprint density at radius 2 is 2.21 bits per heavy atom. The monoisotopic (exact) mass is 263 g/mol. The molecule has 0 saturated carbocycles. The Balaban J connectivity index is 1.70. The standard InChI is InChI=1S/C16H25NO2/c1-13(2)12-18-10-5-9-17-15-8-11-19-16-7-4-3-6-14(15)16/h3-4,6-7,13,15,17H,5,8-12H2,1-2H3. The molecule has 0 fully saturated rings. The molecule has 3 heteroatoms. The molecule has 106 valence electrons. The minimum atomic E-state index is 0.426. The fourth-order valence-electron chi connectivity index (χ4n) is 2.32. The van der Waals surface area contributed by atoms with Crippen molar-refractivity contribution in [3.8, 4) is 5.75 Å². The van der Waals surface area contributed by atoms with Crippen molar-refractivity contribution in [2.75, 3.05) is 26.4 Å². The molecule has 0 radical (unpaired) electrons. The smallest absolute Gasteiger partial charge is 0.124 e. The Kier molecular flexibility index (Phi) is 5.67. The maximum absolute atomic E-state index is 5.66. The lowest BCUT2D eigenvalue weighted by atomic mass is 10.0. The highest BCUT2D eigenvalue weighted by Gasteiger charge is 2.19. The summed E-state index contributed by atoms with van der Waals surface area (Å²) in [4.78, 5) is 0. The van der Waals surface area contributed by atoms with E-state index in [9.17, 15) is 0 Å². The number of hydrogen-bond acceptors (Lipinski definition) is 3. The van der Waals surface area contributed by atoms with Crippen molar-refractivity contribution in [3.63, 3.8) is 0 Å². The van der Waals surface area contributed by atoms with Gasteiger partial charge in [-0.1, -0.05) is 32.0 Å². The summed E-state index contributed by atoms with van der Waals surface area (Å²) in [6, 6.07) is 8.74. The lowest BCUT2D eigenvalue weighted by Gasteiger charge is -2.26. The third-order valence-corrected chi connectivity index (χ3v) is 3.27. The van der Waals surface area contributed by atoms with Crippen LogP contribution in [0.1, 0.15) is 38.3 Å². The van der Waals surface area contributed by atoms with E-state index in [-0.39, 0.29) is 0 Å². The number of fused-ring (bicyclic) bond motifs is 1. The maximum atomic E-state index is 5.66. The third kappa shape index (κ3) is 4.51. The topological polar surface area (TPSA) is 30.5 Å². The Hall–Kier alpha value is -1.06. The van der Waals surface area contributed by atoms with Crippen molar-refractivity contribution in [1.82, 2.24) is 5.32 Å². The summed E-state index contributed by atoms with van der Waals surface area (Å²) in [6.07, 6.45) is 2.11. The van der Waals surface area contributed by atoms with E-state index < -0.39 is 0 Å². The fourth-order valence-corrected chi connectivity index (χ4v) is 2.32. The zero-order valence-electron chi connectivity index (χ0n) is 12.0. The quantitative estimate of drug-likeness (QED) is 0.767. The van der Waals surface area contributed by atoms with Gasteiger partial charge in [0, 0.05) is 31.2 Å². The second-order valence-corrected chi connectivity index (χ2v) is 5.50. The molecule has 3 nitrogen and oxygen atoms in total. The fraction of sp³-hybridized carbons (Fsp3) is 0.625. The molecule has 1 aromatic carbocycles. The Morgan fingerprint density at radius 1 is 1.37 bits per heavy atom. The van der Waals surface area contributed by atoms with Gasteiger partial charge in [-0.15, -0.1) is 0 Å². The minimum absolute atomic E-state index is 0.426. The van der Waals surface area contributed by atoms with Crippen LogP contribution in [0.25, 0.3) is 0 Å². The predicted molar refractivity (Wildman–Crippen MR) is 77.6 cm³/mol. The highest BCUT2D eigenvalue weighted by molar-refractivity contribution is 5.37. The molecule has 1 unspecified atom stereocenters. The van der Waals surface area contributed by atoms with E-state index in [1.165, 1.54) is 5.56 Å². The van der Waals surface area contributed by atoms with Gasteiger partial charge in [0.25, 0.3) is 0 Å². The van der Waals surface area contributed by atoms with Crippen LogP contribution in [0.3, 0.4) is 0 Å². The third-order valence-electron chi connectivity index (χ3n) is 3.27. The van der Waals surface area contributed by atoms with Crippen molar-refractivity contribution >= 4 is 0 Å². The van der Waals surface area contributed by atoms with E-state index in [1.807, 2.05) is 6.07 Å². The van der Waals surface area contributed by atoms with Crippen LogP contribution in [-0.4, -0.2) is 26.4 Å². The van der Waals surface area contributed by atoms with Crippen LogP contribution < -0.4 is 10.1 Å². The summed E-state index contributed by atoms with van der Waals surface area (Å²) < 4.78 is 11.2. The number of para-hydroxylation sites is 1. The van der Waals surface area contributed by atoms with Gasteiger partial charge in [0.15, 0.2) is 0 Å². The van der Waals surface area contributed by atoms with Crippen LogP contribution in [0.2, 0.25) is 0 Å². The molecular formula is C16H25NO2. The van der Waals surface area contributed by atoms with Crippen molar-refractivity contribution in [2.45, 2.75) is 32.7 Å². The summed E-state index contributed by atoms with van der Waals surface area (Å²) in [5.41, 5.74) is 1.29. The first-order valence-electron chi connectivity index (χ1n) is 7.30. The van der Waals surface area contributed by atoms with E-state index in [2.05, 4.69) is 37.4 Å². The normalized spacial score (nSPS) is 18.2. The number of nitrogens with one attached hydrogen (secondary N) is 1. The number of hydrogen-bond donors (Lipinski definition) is 1. The predicted octanol–water partition coefficient (Wildman–Crippen LogP) is 3.16. The van der Waals surface area contributed by atoms with E-state index >= 15 is 0 Å². The molecule has 1 aliphatic heterocycles. The molecule has 1 aromatic rings. The van der Waals surface area contributed by atoms with Crippen LogP contribution in [0.15, 0.2) is 24.3 Å². The lowest BCUT2D eigenvalue weighted by molar-refractivity contribution is 0.107. The molecule has 2 rings (SSSR count). The minimum Gasteiger partial charge on any atom is -0.493 e. The molecule has 1 N–H and O–H groups in total. The van der Waals surface area contributed by atoms with Gasteiger partial charge in [0.1, 0.15) is 5.75 Å². The molecule has 0 saturated heterocycles. The van der Waals surface area contributed by atoms with Gasteiger partial charge in [-0.25, -0.2) is 0 Å². The van der Waals surface area contributed by atoms with Crippen molar-refractivity contribution in [2.24, 2.45) is 5.92 Å². The molecule has 0 amide bonds. The van der Waals surface area contributed by atoms with Crippen LogP contribution >= 0.6 is 0 Å². The zero-order valence-corrected chi connectivity index (χ0v) is 12.0. The SMILES string of the molecule is CC(C)COCCCNC1CCOc2ccccc21. The summed E-state index contributed by atoms with van der Waals surface area (Å²) in [5, 5.41) is 3.61. The summed E-state index contributed by atoms with van der Waals surface area (Å²) >= 11 is 0. The van der Waals surface area contributed by atoms with E-state index in [0.29, 0.717) is 12.0 Å². The molecule has 0 aliphatic carbocycles. The lowest BCUT2D eigenvalue weighted by Crippen LogP contribution is -2.28. The van der Waals surface area contributed by atoms with Gasteiger partial charge < -0.3 is 14.8 Å². The zero-order chi connectivity index (χ0) is 13.5.